The first-order valence-electron chi connectivity index (χ1n) is 8.93. The fraction of sp³-hybridized carbons (Fsp3) is 0.174. The van der Waals surface area contributed by atoms with E-state index in [0.717, 1.165) is 23.3 Å². The normalized spacial score (nSPS) is 15.3. The number of nitrogens with one attached hydrogen (secondary N) is 1. The molecule has 3 aromatic carbocycles. The molecule has 0 aromatic heterocycles. The predicted octanol–water partition coefficient (Wildman–Crippen LogP) is 3.94. The average Bonchev–Trinajstić information content (AvgIpc) is 3.11. The molecular formula is C23H21NO2. The molecule has 0 radical (unpaired) electrons. The van der Waals surface area contributed by atoms with E-state index in [4.69, 9.17) is 4.74 Å². The second kappa shape index (κ2) is 7.44. The third-order valence-corrected chi connectivity index (χ3v) is 4.75. The minimum atomic E-state index is -0.318. The van der Waals surface area contributed by atoms with E-state index in [1.807, 2.05) is 78.9 Å². The Morgan fingerprint density at radius 3 is 2.08 bits per heavy atom. The molecule has 130 valence electrons. The molecule has 0 saturated carbocycles. The number of ether oxygens (including phenoxy) is 1. The van der Waals surface area contributed by atoms with Crippen LogP contribution in [0.5, 0.6) is 5.75 Å². The summed E-state index contributed by atoms with van der Waals surface area (Å²) in [5, 5.41) is 3.09. The van der Waals surface area contributed by atoms with Crippen molar-refractivity contribution in [1.82, 2.24) is 5.32 Å². The van der Waals surface area contributed by atoms with Gasteiger partial charge in [-0.15, -0.1) is 0 Å². The molecule has 0 spiro atoms. The first-order chi connectivity index (χ1) is 12.8. The van der Waals surface area contributed by atoms with Gasteiger partial charge in [-0.05, 0) is 22.8 Å². The second-order valence-electron chi connectivity index (χ2n) is 6.55. The minimum absolute atomic E-state index is 0.00181. The molecule has 4 rings (SSSR count). The topological polar surface area (TPSA) is 38.3 Å². The van der Waals surface area contributed by atoms with Crippen molar-refractivity contribution in [3.05, 3.63) is 102 Å². The molecule has 1 heterocycles. The van der Waals surface area contributed by atoms with Crippen molar-refractivity contribution >= 4 is 5.91 Å². The Kier molecular flexibility index (Phi) is 4.69. The highest BCUT2D eigenvalue weighted by atomic mass is 16.5. The molecule has 26 heavy (non-hydrogen) atoms. The molecule has 1 atom stereocenters. The largest absolute Gasteiger partial charge is 0.488 e. The zero-order valence-corrected chi connectivity index (χ0v) is 14.5. The zero-order valence-electron chi connectivity index (χ0n) is 14.5. The Hall–Kier alpha value is -3.07. The zero-order chi connectivity index (χ0) is 17.8. The van der Waals surface area contributed by atoms with Crippen LogP contribution in [0.25, 0.3) is 0 Å². The van der Waals surface area contributed by atoms with E-state index in [1.54, 1.807) is 0 Å². The number of carbonyl (C=O) groups is 1. The summed E-state index contributed by atoms with van der Waals surface area (Å²) in [5.74, 6) is 0.609. The molecule has 3 aromatic rings. The van der Waals surface area contributed by atoms with Crippen molar-refractivity contribution < 1.29 is 9.53 Å². The fourth-order valence-electron chi connectivity index (χ4n) is 3.47. The maximum atomic E-state index is 13.0. The van der Waals surface area contributed by atoms with Crippen molar-refractivity contribution in [2.45, 2.75) is 18.4 Å². The summed E-state index contributed by atoms with van der Waals surface area (Å²) in [6.45, 7) is 0.504. The van der Waals surface area contributed by atoms with Crippen molar-refractivity contribution in [3.8, 4) is 5.75 Å². The molecule has 0 aliphatic carbocycles. The van der Waals surface area contributed by atoms with Crippen LogP contribution in [0.4, 0.5) is 0 Å². The molecule has 3 heteroatoms. The van der Waals surface area contributed by atoms with Gasteiger partial charge in [0.15, 0.2) is 0 Å². The quantitative estimate of drug-likeness (QED) is 0.762. The molecule has 1 N–H and O–H groups in total. The van der Waals surface area contributed by atoms with Crippen LogP contribution in [0.3, 0.4) is 0 Å². The molecule has 0 bridgehead atoms. The second-order valence-corrected chi connectivity index (χ2v) is 6.55. The summed E-state index contributed by atoms with van der Waals surface area (Å²) >= 11 is 0. The monoisotopic (exact) mass is 343 g/mol. The number of hydrogen-bond donors (Lipinski definition) is 1. The average molecular weight is 343 g/mol. The van der Waals surface area contributed by atoms with Crippen LogP contribution in [-0.2, 0) is 11.2 Å². The van der Waals surface area contributed by atoms with Crippen LogP contribution >= 0.6 is 0 Å². The van der Waals surface area contributed by atoms with E-state index in [9.17, 15) is 4.79 Å². The van der Waals surface area contributed by atoms with Crippen LogP contribution in [0.1, 0.15) is 22.6 Å². The van der Waals surface area contributed by atoms with Gasteiger partial charge in [-0.3, -0.25) is 4.79 Å². The number of fused-ring (bicyclic) bond motifs is 1. The molecule has 0 saturated heterocycles. The number of para-hydroxylation sites is 1. The minimum Gasteiger partial charge on any atom is -0.488 e. The third-order valence-electron chi connectivity index (χ3n) is 4.75. The van der Waals surface area contributed by atoms with E-state index in [0.29, 0.717) is 6.54 Å². The summed E-state index contributed by atoms with van der Waals surface area (Å²) in [4.78, 5) is 13.0. The number of carbonyl (C=O) groups excluding carboxylic acids is 1. The first-order valence-corrected chi connectivity index (χ1v) is 8.93. The van der Waals surface area contributed by atoms with Gasteiger partial charge in [-0.1, -0.05) is 78.9 Å². The van der Waals surface area contributed by atoms with Crippen LogP contribution < -0.4 is 10.1 Å². The fourth-order valence-corrected chi connectivity index (χ4v) is 3.47. The van der Waals surface area contributed by atoms with Gasteiger partial charge in [0.25, 0.3) is 0 Å². The van der Waals surface area contributed by atoms with E-state index < -0.39 is 0 Å². The molecule has 1 aliphatic heterocycles. The summed E-state index contributed by atoms with van der Waals surface area (Å²) in [5.41, 5.74) is 3.19. The highest BCUT2D eigenvalue weighted by Crippen LogP contribution is 2.28. The molecule has 1 aliphatic rings. The Bertz CT molecular complexity index is 812. The van der Waals surface area contributed by atoms with Gasteiger partial charge in [0, 0.05) is 6.42 Å². The van der Waals surface area contributed by atoms with Gasteiger partial charge in [0.1, 0.15) is 11.9 Å². The Morgan fingerprint density at radius 2 is 1.46 bits per heavy atom. The van der Waals surface area contributed by atoms with Gasteiger partial charge in [-0.25, -0.2) is 0 Å². The van der Waals surface area contributed by atoms with E-state index in [2.05, 4.69) is 11.4 Å². The van der Waals surface area contributed by atoms with E-state index >= 15 is 0 Å². The first kappa shape index (κ1) is 16.4. The van der Waals surface area contributed by atoms with Gasteiger partial charge in [0.2, 0.25) is 5.91 Å². The van der Waals surface area contributed by atoms with Crippen LogP contribution in [0, 0.1) is 0 Å². The van der Waals surface area contributed by atoms with Gasteiger partial charge < -0.3 is 10.1 Å². The Balaban J connectivity index is 1.48. The molecule has 0 unspecified atom stereocenters. The third kappa shape index (κ3) is 3.47. The summed E-state index contributed by atoms with van der Waals surface area (Å²) in [7, 11) is 0. The van der Waals surface area contributed by atoms with Crippen molar-refractivity contribution in [1.29, 1.82) is 0 Å². The summed E-state index contributed by atoms with van der Waals surface area (Å²) in [6, 6.07) is 27.8. The highest BCUT2D eigenvalue weighted by molar-refractivity contribution is 5.87. The van der Waals surface area contributed by atoms with Crippen LogP contribution in [0.15, 0.2) is 84.9 Å². The Morgan fingerprint density at radius 1 is 0.885 bits per heavy atom. The number of hydrogen-bond acceptors (Lipinski definition) is 2. The van der Waals surface area contributed by atoms with E-state index in [1.165, 1.54) is 5.56 Å². The summed E-state index contributed by atoms with van der Waals surface area (Å²) < 4.78 is 5.93. The van der Waals surface area contributed by atoms with Gasteiger partial charge >= 0.3 is 0 Å². The number of benzene rings is 3. The molecule has 1 amide bonds. The van der Waals surface area contributed by atoms with Crippen molar-refractivity contribution in [2.75, 3.05) is 6.54 Å². The van der Waals surface area contributed by atoms with Gasteiger partial charge in [0.05, 0.1) is 12.5 Å². The smallest absolute Gasteiger partial charge is 0.232 e. The lowest BCUT2D eigenvalue weighted by Crippen LogP contribution is -2.37. The SMILES string of the molecule is O=C(NC[C@@H]1Cc2ccccc2O1)C(c1ccccc1)c1ccccc1. The molecule has 0 fully saturated rings. The summed E-state index contributed by atoms with van der Waals surface area (Å²) in [6.07, 6.45) is 0.821. The van der Waals surface area contributed by atoms with E-state index in [-0.39, 0.29) is 17.9 Å². The van der Waals surface area contributed by atoms with Crippen molar-refractivity contribution in [2.24, 2.45) is 0 Å². The molecule has 3 nitrogen and oxygen atoms in total. The maximum Gasteiger partial charge on any atom is 0.232 e. The number of rotatable bonds is 5. The van der Waals surface area contributed by atoms with Gasteiger partial charge in [-0.2, -0.15) is 0 Å². The maximum absolute atomic E-state index is 13.0. The Labute approximate surface area is 153 Å². The lowest BCUT2D eigenvalue weighted by atomic mass is 9.90. The standard InChI is InChI=1S/C23H21NO2/c25-23(24-16-20-15-19-13-7-8-14-21(19)26-20)22(17-9-3-1-4-10-17)18-11-5-2-6-12-18/h1-14,20,22H,15-16H2,(H,24,25)/t20-/m0/s1. The lowest BCUT2D eigenvalue weighted by molar-refractivity contribution is -0.122. The predicted molar refractivity (Wildman–Crippen MR) is 102 cm³/mol. The lowest BCUT2D eigenvalue weighted by Gasteiger charge is -2.19. The highest BCUT2D eigenvalue weighted by Gasteiger charge is 2.26. The number of amides is 1. The molecular weight excluding hydrogens is 322 g/mol. The van der Waals surface area contributed by atoms with Crippen molar-refractivity contribution in [3.63, 3.8) is 0 Å². The van der Waals surface area contributed by atoms with Crippen LogP contribution in [-0.4, -0.2) is 18.6 Å². The van der Waals surface area contributed by atoms with Crippen LogP contribution in [0.2, 0.25) is 0 Å².